The van der Waals surface area contributed by atoms with Gasteiger partial charge in [0.2, 0.25) is 0 Å². The van der Waals surface area contributed by atoms with Crippen LogP contribution in [0.1, 0.15) is 5.82 Å². The smallest absolute Gasteiger partial charge is 0.261 e. The van der Waals surface area contributed by atoms with E-state index in [1.165, 1.54) is 12.1 Å². The van der Waals surface area contributed by atoms with Crippen molar-refractivity contribution in [1.82, 2.24) is 10.1 Å². The van der Waals surface area contributed by atoms with Crippen molar-refractivity contribution in [3.05, 3.63) is 29.8 Å². The van der Waals surface area contributed by atoms with Crippen molar-refractivity contribution in [2.45, 2.75) is 12.8 Å². The molecule has 0 aliphatic rings. The molecule has 0 spiro atoms. The van der Waals surface area contributed by atoms with Crippen molar-refractivity contribution >= 4 is 5.69 Å². The Morgan fingerprint density at radius 2 is 2.15 bits per heavy atom. The second kappa shape index (κ2) is 6.38. The molecule has 0 unspecified atom stereocenters. The van der Waals surface area contributed by atoms with Gasteiger partial charge in [0.1, 0.15) is 12.4 Å². The van der Waals surface area contributed by atoms with Crippen LogP contribution in [-0.2, 0) is 11.2 Å². The molecule has 2 aromatic rings. The summed E-state index contributed by atoms with van der Waals surface area (Å²) in [5.41, 5.74) is 5.77. The van der Waals surface area contributed by atoms with E-state index in [0.717, 1.165) is 0 Å². The average molecular weight is 287 g/mol. The third kappa shape index (κ3) is 3.70. The first kappa shape index (κ1) is 14.3. The quantitative estimate of drug-likeness (QED) is 0.651. The minimum atomic E-state index is -2.51. The molecular weight excluding hydrogens is 275 g/mol. The first-order chi connectivity index (χ1) is 9.56. The lowest BCUT2D eigenvalue weighted by atomic mass is 10.2. The zero-order chi connectivity index (χ0) is 14.5. The maximum Gasteiger partial charge on any atom is 0.261 e. The monoisotopic (exact) mass is 287 g/mol. The van der Waals surface area contributed by atoms with Gasteiger partial charge in [-0.1, -0.05) is 5.16 Å². The van der Waals surface area contributed by atoms with Crippen LogP contribution in [0.3, 0.4) is 0 Å². The number of aromatic nitrogens is 2. The topological polar surface area (TPSA) is 74.2 Å². The number of anilines is 1. The van der Waals surface area contributed by atoms with Gasteiger partial charge in [0.25, 0.3) is 12.3 Å². The number of rotatable bonds is 6. The van der Waals surface area contributed by atoms with Crippen LogP contribution in [-0.4, -0.2) is 29.8 Å². The molecule has 1 heterocycles. The van der Waals surface area contributed by atoms with E-state index in [0.29, 0.717) is 11.4 Å². The van der Waals surface area contributed by atoms with E-state index in [4.69, 9.17) is 15.0 Å². The van der Waals surface area contributed by atoms with E-state index in [9.17, 15) is 13.2 Å². The summed E-state index contributed by atoms with van der Waals surface area (Å²) in [6.07, 6.45) is -2.28. The maximum atomic E-state index is 13.3. The van der Waals surface area contributed by atoms with Crippen LogP contribution in [0.25, 0.3) is 11.5 Å². The zero-order valence-electron chi connectivity index (χ0n) is 10.4. The number of benzene rings is 1. The molecule has 2 rings (SSSR count). The lowest BCUT2D eigenvalue weighted by molar-refractivity contribution is 0.0182. The van der Waals surface area contributed by atoms with Crippen molar-refractivity contribution in [3.8, 4) is 11.5 Å². The molecule has 1 aromatic carbocycles. The van der Waals surface area contributed by atoms with Gasteiger partial charge in [0.15, 0.2) is 5.82 Å². The highest BCUT2D eigenvalue weighted by Crippen LogP contribution is 2.21. The fourth-order valence-electron chi connectivity index (χ4n) is 1.47. The summed E-state index contributed by atoms with van der Waals surface area (Å²) in [5.74, 6) is -0.151. The Balaban J connectivity index is 1.96. The molecule has 0 radical (unpaired) electrons. The second-order valence-electron chi connectivity index (χ2n) is 3.97. The average Bonchev–Trinajstić information content (AvgIpc) is 2.86. The fraction of sp³-hybridized carbons (Fsp3) is 0.333. The molecule has 0 saturated carbocycles. The summed E-state index contributed by atoms with van der Waals surface area (Å²) < 4.78 is 46.6. The summed E-state index contributed by atoms with van der Waals surface area (Å²) in [7, 11) is 0. The Morgan fingerprint density at radius 1 is 1.35 bits per heavy atom. The Morgan fingerprint density at radius 3 is 2.85 bits per heavy atom. The lowest BCUT2D eigenvalue weighted by Gasteiger charge is -1.99. The summed E-state index contributed by atoms with van der Waals surface area (Å²) in [5, 5.41) is 3.65. The van der Waals surface area contributed by atoms with E-state index in [-0.39, 0.29) is 24.6 Å². The Bertz CT molecular complexity index is 575. The third-order valence-corrected chi connectivity index (χ3v) is 2.43. The SMILES string of the molecule is Nc1ccc(-c2nc(CCOCC(F)F)no2)cc1F. The molecule has 0 atom stereocenters. The molecule has 0 fully saturated rings. The minimum absolute atomic E-state index is 0.0221. The van der Waals surface area contributed by atoms with Crippen molar-refractivity contribution in [2.24, 2.45) is 0 Å². The number of hydrogen-bond donors (Lipinski definition) is 1. The molecule has 0 amide bonds. The van der Waals surface area contributed by atoms with E-state index in [1.54, 1.807) is 6.07 Å². The van der Waals surface area contributed by atoms with Crippen LogP contribution in [0.5, 0.6) is 0 Å². The molecule has 1 aromatic heterocycles. The molecular formula is C12H12F3N3O2. The van der Waals surface area contributed by atoms with Gasteiger partial charge in [-0.3, -0.25) is 0 Å². The van der Waals surface area contributed by atoms with Gasteiger partial charge in [-0.15, -0.1) is 0 Å². The molecule has 2 N–H and O–H groups in total. The van der Waals surface area contributed by atoms with Crippen LogP contribution in [0, 0.1) is 5.82 Å². The maximum absolute atomic E-state index is 13.3. The number of halogens is 3. The summed E-state index contributed by atoms with van der Waals surface area (Å²) in [4.78, 5) is 4.02. The van der Waals surface area contributed by atoms with Crippen molar-refractivity contribution in [3.63, 3.8) is 0 Å². The molecule has 0 aliphatic carbocycles. The molecule has 0 aliphatic heterocycles. The summed E-state index contributed by atoms with van der Waals surface area (Å²) in [6.45, 7) is -0.576. The molecule has 0 saturated heterocycles. The van der Waals surface area contributed by atoms with Crippen molar-refractivity contribution in [2.75, 3.05) is 18.9 Å². The molecule has 5 nitrogen and oxygen atoms in total. The van der Waals surface area contributed by atoms with Crippen LogP contribution in [0.4, 0.5) is 18.9 Å². The van der Waals surface area contributed by atoms with Crippen LogP contribution < -0.4 is 5.73 Å². The first-order valence-corrected chi connectivity index (χ1v) is 5.80. The van der Waals surface area contributed by atoms with Crippen LogP contribution >= 0.6 is 0 Å². The first-order valence-electron chi connectivity index (χ1n) is 5.80. The Labute approximate surface area is 112 Å². The second-order valence-corrected chi connectivity index (χ2v) is 3.97. The fourth-order valence-corrected chi connectivity index (χ4v) is 1.47. The molecule has 20 heavy (non-hydrogen) atoms. The number of nitrogens with zero attached hydrogens (tertiary/aromatic N) is 2. The van der Waals surface area contributed by atoms with E-state index < -0.39 is 18.8 Å². The van der Waals surface area contributed by atoms with Crippen LogP contribution in [0.15, 0.2) is 22.7 Å². The number of ether oxygens (including phenoxy) is 1. The number of hydrogen-bond acceptors (Lipinski definition) is 5. The van der Waals surface area contributed by atoms with Crippen LogP contribution in [0.2, 0.25) is 0 Å². The Kier molecular flexibility index (Phi) is 4.57. The van der Waals surface area contributed by atoms with Gasteiger partial charge in [0.05, 0.1) is 12.3 Å². The standard InChI is InChI=1S/C12H12F3N3O2/c13-8-5-7(1-2-9(8)16)12-17-11(18-20-12)3-4-19-6-10(14)15/h1-2,5,10H,3-4,6,16H2. The van der Waals surface area contributed by atoms with E-state index in [1.807, 2.05) is 0 Å². The van der Waals surface area contributed by atoms with Gasteiger partial charge in [-0.2, -0.15) is 4.98 Å². The highest BCUT2D eigenvalue weighted by molar-refractivity contribution is 5.57. The molecule has 108 valence electrons. The van der Waals surface area contributed by atoms with Crippen molar-refractivity contribution in [1.29, 1.82) is 0 Å². The Hall–Kier alpha value is -2.09. The minimum Gasteiger partial charge on any atom is -0.396 e. The van der Waals surface area contributed by atoms with Crippen molar-refractivity contribution < 1.29 is 22.4 Å². The van der Waals surface area contributed by atoms with Gasteiger partial charge in [0, 0.05) is 12.0 Å². The van der Waals surface area contributed by atoms with E-state index >= 15 is 0 Å². The predicted octanol–water partition coefficient (Wildman–Crippen LogP) is 2.28. The van der Waals surface area contributed by atoms with Gasteiger partial charge < -0.3 is 15.0 Å². The normalized spacial score (nSPS) is 11.2. The third-order valence-electron chi connectivity index (χ3n) is 2.43. The van der Waals surface area contributed by atoms with Gasteiger partial charge >= 0.3 is 0 Å². The number of alkyl halides is 2. The summed E-state index contributed by atoms with van der Waals surface area (Å²) in [6, 6.07) is 4.11. The highest BCUT2D eigenvalue weighted by atomic mass is 19.3. The molecule has 0 bridgehead atoms. The van der Waals surface area contributed by atoms with Gasteiger partial charge in [-0.25, -0.2) is 13.2 Å². The number of nitrogens with two attached hydrogens (primary N) is 1. The largest absolute Gasteiger partial charge is 0.396 e. The van der Waals surface area contributed by atoms with E-state index in [2.05, 4.69) is 10.1 Å². The highest BCUT2D eigenvalue weighted by Gasteiger charge is 2.11. The molecule has 8 heteroatoms. The zero-order valence-corrected chi connectivity index (χ0v) is 10.4. The van der Waals surface area contributed by atoms with Gasteiger partial charge in [-0.05, 0) is 18.2 Å². The lowest BCUT2D eigenvalue weighted by Crippen LogP contribution is -2.07. The number of nitrogen functional groups attached to an aromatic ring is 1. The predicted molar refractivity (Wildman–Crippen MR) is 64.6 cm³/mol. The summed E-state index contributed by atoms with van der Waals surface area (Å²) >= 11 is 0.